The number of nitrogens with one attached hydrogen (secondary N) is 1. The molecule has 0 aromatic heterocycles. The fourth-order valence-electron chi connectivity index (χ4n) is 3.07. The highest BCUT2D eigenvalue weighted by Crippen LogP contribution is 2.29. The van der Waals surface area contributed by atoms with Crippen molar-refractivity contribution in [2.24, 2.45) is 11.8 Å². The first-order chi connectivity index (χ1) is 9.00. The molecule has 1 N–H and O–H groups in total. The minimum absolute atomic E-state index is 0.0148. The Balaban J connectivity index is 2.04. The molecular weight excluding hydrogens is 256 g/mol. The second-order valence-electron chi connectivity index (χ2n) is 6.56. The molecule has 2 heterocycles. The van der Waals surface area contributed by atoms with Crippen LogP contribution in [0.15, 0.2) is 0 Å². The number of rotatable bonds is 4. The lowest BCUT2D eigenvalue weighted by Crippen LogP contribution is -2.44. The number of hydrogen-bond donors (Lipinski definition) is 1. The van der Waals surface area contributed by atoms with Gasteiger partial charge < -0.3 is 4.90 Å². The Labute approximate surface area is 121 Å². The molecule has 3 nitrogen and oxygen atoms in total. The van der Waals surface area contributed by atoms with Crippen LogP contribution in [0.5, 0.6) is 0 Å². The van der Waals surface area contributed by atoms with Gasteiger partial charge in [0.1, 0.15) is 0 Å². The lowest BCUT2D eigenvalue weighted by molar-refractivity contribution is -0.131. The number of thioether (sulfide) groups is 1. The van der Waals surface area contributed by atoms with Crippen LogP contribution in [0.1, 0.15) is 47.0 Å². The van der Waals surface area contributed by atoms with Gasteiger partial charge in [-0.2, -0.15) is 11.8 Å². The predicted molar refractivity (Wildman–Crippen MR) is 82.2 cm³/mol. The highest BCUT2D eigenvalue weighted by molar-refractivity contribution is 7.99. The lowest BCUT2D eigenvalue weighted by atomic mass is 10.0. The molecule has 3 unspecified atom stereocenters. The van der Waals surface area contributed by atoms with Crippen molar-refractivity contribution in [3.05, 3.63) is 0 Å². The summed E-state index contributed by atoms with van der Waals surface area (Å²) in [5, 5.41) is 4.19. The van der Waals surface area contributed by atoms with Crippen LogP contribution in [0.4, 0.5) is 0 Å². The van der Waals surface area contributed by atoms with E-state index in [1.165, 1.54) is 25.0 Å². The molecule has 2 rings (SSSR count). The van der Waals surface area contributed by atoms with E-state index in [-0.39, 0.29) is 12.2 Å². The molecule has 4 heteroatoms. The monoisotopic (exact) mass is 284 g/mol. The number of carbonyl (C=O) groups excluding carboxylic acids is 1. The van der Waals surface area contributed by atoms with Crippen molar-refractivity contribution in [2.45, 2.75) is 64.4 Å². The van der Waals surface area contributed by atoms with E-state index in [1.807, 2.05) is 0 Å². The van der Waals surface area contributed by atoms with E-state index in [1.54, 1.807) is 0 Å². The Hall–Kier alpha value is -0.220. The van der Waals surface area contributed by atoms with Crippen molar-refractivity contribution in [3.8, 4) is 0 Å². The lowest BCUT2D eigenvalue weighted by Gasteiger charge is -2.32. The molecule has 0 saturated carbocycles. The molecule has 2 fully saturated rings. The molecule has 0 bridgehead atoms. The third-order valence-electron chi connectivity index (χ3n) is 4.21. The smallest absolute Gasteiger partial charge is 0.241 e. The van der Waals surface area contributed by atoms with E-state index in [4.69, 9.17) is 0 Å². The van der Waals surface area contributed by atoms with Crippen molar-refractivity contribution < 1.29 is 4.79 Å². The average molecular weight is 284 g/mol. The van der Waals surface area contributed by atoms with Crippen LogP contribution in [0.3, 0.4) is 0 Å². The molecule has 1 amide bonds. The van der Waals surface area contributed by atoms with E-state index in [9.17, 15) is 4.79 Å². The van der Waals surface area contributed by atoms with Crippen molar-refractivity contribution in [1.29, 1.82) is 0 Å². The van der Waals surface area contributed by atoms with Gasteiger partial charge in [-0.05, 0) is 30.4 Å². The van der Waals surface area contributed by atoms with Crippen LogP contribution >= 0.6 is 11.8 Å². The summed E-state index contributed by atoms with van der Waals surface area (Å²) in [6, 6.07) is 0.0148. The summed E-state index contributed by atoms with van der Waals surface area (Å²) in [6.45, 7) is 9.60. The first-order valence-corrected chi connectivity index (χ1v) is 8.73. The summed E-state index contributed by atoms with van der Waals surface area (Å²) >= 11 is 2.05. The summed E-state index contributed by atoms with van der Waals surface area (Å²) in [5.74, 6) is 2.43. The van der Waals surface area contributed by atoms with Gasteiger partial charge in [0, 0.05) is 11.8 Å². The van der Waals surface area contributed by atoms with Crippen molar-refractivity contribution >= 4 is 17.7 Å². The summed E-state index contributed by atoms with van der Waals surface area (Å²) < 4.78 is 0. The summed E-state index contributed by atoms with van der Waals surface area (Å²) in [6.07, 6.45) is 4.16. The van der Waals surface area contributed by atoms with Crippen LogP contribution in [0.25, 0.3) is 0 Å². The van der Waals surface area contributed by atoms with Crippen molar-refractivity contribution in [3.63, 3.8) is 0 Å². The molecule has 0 aromatic carbocycles. The average Bonchev–Trinajstić information content (AvgIpc) is 2.69. The first kappa shape index (κ1) is 15.2. The van der Waals surface area contributed by atoms with E-state index >= 15 is 0 Å². The maximum Gasteiger partial charge on any atom is 0.241 e. The largest absolute Gasteiger partial charge is 0.324 e. The second-order valence-corrected chi connectivity index (χ2v) is 7.96. The highest BCUT2D eigenvalue weighted by Gasteiger charge is 2.42. The molecule has 2 saturated heterocycles. The van der Waals surface area contributed by atoms with E-state index in [0.29, 0.717) is 23.0 Å². The Morgan fingerprint density at radius 2 is 2.00 bits per heavy atom. The maximum atomic E-state index is 12.6. The second kappa shape index (κ2) is 6.49. The van der Waals surface area contributed by atoms with Crippen LogP contribution in [0.2, 0.25) is 0 Å². The SMILES string of the molecule is CC(C)C1NC(C(C)C)N(CC2CCCCS2)C1=O. The minimum Gasteiger partial charge on any atom is -0.324 e. The standard InChI is InChI=1S/C15H28N2OS/c1-10(2)13-15(18)17(14(16-13)11(3)4)9-12-7-5-6-8-19-12/h10-14,16H,5-9H2,1-4H3. The Morgan fingerprint density at radius 3 is 2.53 bits per heavy atom. The van der Waals surface area contributed by atoms with Gasteiger partial charge in [-0.25, -0.2) is 0 Å². The van der Waals surface area contributed by atoms with E-state index in [0.717, 1.165) is 6.54 Å². The van der Waals surface area contributed by atoms with Crippen LogP contribution in [-0.4, -0.2) is 40.6 Å². The molecule has 19 heavy (non-hydrogen) atoms. The Morgan fingerprint density at radius 1 is 1.26 bits per heavy atom. The molecule has 110 valence electrons. The van der Waals surface area contributed by atoms with Crippen molar-refractivity contribution in [2.75, 3.05) is 12.3 Å². The van der Waals surface area contributed by atoms with Gasteiger partial charge in [-0.15, -0.1) is 0 Å². The first-order valence-electron chi connectivity index (χ1n) is 7.69. The number of carbonyl (C=O) groups is 1. The Kier molecular flexibility index (Phi) is 5.18. The maximum absolute atomic E-state index is 12.6. The zero-order valence-corrected chi connectivity index (χ0v) is 13.5. The zero-order chi connectivity index (χ0) is 14.0. The summed E-state index contributed by atoms with van der Waals surface area (Å²) in [7, 11) is 0. The van der Waals surface area contributed by atoms with Gasteiger partial charge >= 0.3 is 0 Å². The normalized spacial score (nSPS) is 32.6. The van der Waals surface area contributed by atoms with Gasteiger partial charge in [0.15, 0.2) is 0 Å². The third kappa shape index (κ3) is 3.46. The molecule has 2 aliphatic heterocycles. The molecular formula is C15H28N2OS. The number of nitrogens with zero attached hydrogens (tertiary/aromatic N) is 1. The fourth-order valence-corrected chi connectivity index (χ4v) is 4.37. The fraction of sp³-hybridized carbons (Fsp3) is 0.933. The van der Waals surface area contributed by atoms with Gasteiger partial charge in [-0.3, -0.25) is 10.1 Å². The molecule has 0 aromatic rings. The molecule has 0 spiro atoms. The van der Waals surface area contributed by atoms with Crippen LogP contribution in [-0.2, 0) is 4.79 Å². The quantitative estimate of drug-likeness (QED) is 0.861. The predicted octanol–water partition coefficient (Wildman–Crippen LogP) is 2.71. The van der Waals surface area contributed by atoms with Gasteiger partial charge in [0.2, 0.25) is 5.91 Å². The number of amides is 1. The Bertz CT molecular complexity index is 313. The molecule has 0 radical (unpaired) electrons. The van der Waals surface area contributed by atoms with Gasteiger partial charge in [0.05, 0.1) is 12.2 Å². The summed E-state index contributed by atoms with van der Waals surface area (Å²) in [4.78, 5) is 14.7. The minimum atomic E-state index is 0.0148. The van der Waals surface area contributed by atoms with Gasteiger partial charge in [-0.1, -0.05) is 34.1 Å². The topological polar surface area (TPSA) is 32.3 Å². The number of hydrogen-bond acceptors (Lipinski definition) is 3. The van der Waals surface area contributed by atoms with E-state index in [2.05, 4.69) is 49.7 Å². The van der Waals surface area contributed by atoms with Gasteiger partial charge in [0.25, 0.3) is 0 Å². The third-order valence-corrected chi connectivity index (χ3v) is 5.59. The zero-order valence-electron chi connectivity index (χ0n) is 12.7. The van der Waals surface area contributed by atoms with Crippen molar-refractivity contribution in [1.82, 2.24) is 10.2 Å². The molecule has 3 atom stereocenters. The highest BCUT2D eigenvalue weighted by atomic mass is 32.2. The van der Waals surface area contributed by atoms with E-state index < -0.39 is 0 Å². The van der Waals surface area contributed by atoms with Crippen LogP contribution in [0, 0.1) is 11.8 Å². The summed E-state index contributed by atoms with van der Waals surface area (Å²) in [5.41, 5.74) is 0. The molecule has 0 aliphatic carbocycles. The van der Waals surface area contributed by atoms with Crippen LogP contribution < -0.4 is 5.32 Å². The molecule has 2 aliphatic rings.